The maximum absolute atomic E-state index is 11.8. The smallest absolute Gasteiger partial charge is 0.233 e. The third-order valence-electron chi connectivity index (χ3n) is 2.79. The molecule has 4 heteroatoms. The summed E-state index contributed by atoms with van der Waals surface area (Å²) in [6, 6.07) is 9.27. The van der Waals surface area contributed by atoms with Crippen molar-refractivity contribution in [3.63, 3.8) is 0 Å². The maximum atomic E-state index is 11.8. The highest BCUT2D eigenvalue weighted by Crippen LogP contribution is 2.64. The van der Waals surface area contributed by atoms with Crippen LogP contribution in [0.5, 0.6) is 0 Å². The molecular formula is C11H11Cl2NO. The van der Waals surface area contributed by atoms with Gasteiger partial charge in [-0.3, -0.25) is 4.79 Å². The Hall–Kier alpha value is -0.730. The summed E-state index contributed by atoms with van der Waals surface area (Å²) < 4.78 is -0.911. The fourth-order valence-corrected chi connectivity index (χ4v) is 2.14. The Kier molecular flexibility index (Phi) is 2.44. The first-order valence-electron chi connectivity index (χ1n) is 4.70. The Bertz CT molecular complexity index is 391. The molecule has 80 valence electrons. The molecule has 0 bridgehead atoms. The summed E-state index contributed by atoms with van der Waals surface area (Å²) in [5, 5.41) is 2.79. The van der Waals surface area contributed by atoms with E-state index in [0.717, 1.165) is 5.69 Å². The molecule has 1 saturated carbocycles. The normalized spacial score (nSPS) is 27.1. The molecule has 1 aromatic rings. The van der Waals surface area contributed by atoms with Crippen LogP contribution < -0.4 is 5.32 Å². The third kappa shape index (κ3) is 1.84. The van der Waals surface area contributed by atoms with Crippen molar-refractivity contribution in [2.24, 2.45) is 5.41 Å². The molecule has 0 aromatic heterocycles. The van der Waals surface area contributed by atoms with E-state index in [1.54, 1.807) is 6.92 Å². The van der Waals surface area contributed by atoms with Crippen molar-refractivity contribution in [2.45, 2.75) is 17.7 Å². The van der Waals surface area contributed by atoms with Crippen molar-refractivity contribution in [3.8, 4) is 0 Å². The number of nitrogens with one attached hydrogen (secondary N) is 1. The quantitative estimate of drug-likeness (QED) is 0.795. The van der Waals surface area contributed by atoms with Gasteiger partial charge in [0.25, 0.3) is 0 Å². The number of alkyl halides is 2. The van der Waals surface area contributed by atoms with E-state index >= 15 is 0 Å². The van der Waals surface area contributed by atoms with E-state index in [1.165, 1.54) is 0 Å². The molecule has 1 aliphatic rings. The average molecular weight is 244 g/mol. The van der Waals surface area contributed by atoms with Crippen molar-refractivity contribution >= 4 is 34.8 Å². The summed E-state index contributed by atoms with van der Waals surface area (Å²) in [6.07, 6.45) is 0.502. The number of benzene rings is 1. The molecule has 0 heterocycles. The van der Waals surface area contributed by atoms with Crippen LogP contribution in [0.3, 0.4) is 0 Å². The second kappa shape index (κ2) is 3.39. The van der Waals surface area contributed by atoms with Gasteiger partial charge in [0.05, 0.1) is 5.41 Å². The highest BCUT2D eigenvalue weighted by Gasteiger charge is 2.67. The molecule has 1 fully saturated rings. The van der Waals surface area contributed by atoms with Crippen LogP contribution in [0.25, 0.3) is 0 Å². The number of hydrogen-bond acceptors (Lipinski definition) is 1. The van der Waals surface area contributed by atoms with E-state index in [-0.39, 0.29) is 5.91 Å². The second-order valence-corrected chi connectivity index (χ2v) is 5.52. The number of halogens is 2. The van der Waals surface area contributed by atoms with Gasteiger partial charge in [0.15, 0.2) is 0 Å². The van der Waals surface area contributed by atoms with E-state index in [2.05, 4.69) is 5.32 Å². The average Bonchev–Trinajstić information content (AvgIpc) is 2.69. The van der Waals surface area contributed by atoms with Crippen LogP contribution >= 0.6 is 23.2 Å². The first-order chi connectivity index (χ1) is 6.96. The number of carbonyl (C=O) groups excluding carboxylic acids is 1. The van der Waals surface area contributed by atoms with Gasteiger partial charge in [-0.25, -0.2) is 0 Å². The van der Waals surface area contributed by atoms with Crippen LogP contribution in [-0.4, -0.2) is 10.2 Å². The number of para-hydroxylation sites is 1. The van der Waals surface area contributed by atoms with Gasteiger partial charge in [0.2, 0.25) is 5.91 Å². The highest BCUT2D eigenvalue weighted by molar-refractivity contribution is 6.53. The summed E-state index contributed by atoms with van der Waals surface area (Å²) in [5.41, 5.74) is 0.103. The SMILES string of the molecule is CC1(C(=O)Nc2ccccc2)CC1(Cl)Cl. The molecule has 1 unspecified atom stereocenters. The number of amides is 1. The molecule has 1 aromatic carbocycles. The summed E-state index contributed by atoms with van der Waals surface area (Å²) in [6.45, 7) is 1.77. The molecule has 0 aliphatic heterocycles. The van der Waals surface area contributed by atoms with Crippen LogP contribution in [0.4, 0.5) is 5.69 Å². The standard InChI is InChI=1S/C11H11Cl2NO/c1-10(7-11(10,12)13)9(15)14-8-5-3-2-4-6-8/h2-6H,7H2,1H3,(H,14,15). The molecule has 15 heavy (non-hydrogen) atoms. The minimum atomic E-state index is -0.911. The van der Waals surface area contributed by atoms with Crippen LogP contribution in [0.2, 0.25) is 0 Å². The van der Waals surface area contributed by atoms with Gasteiger partial charge in [-0.2, -0.15) is 0 Å². The van der Waals surface area contributed by atoms with Crippen LogP contribution in [0.1, 0.15) is 13.3 Å². The summed E-state index contributed by atoms with van der Waals surface area (Å²) >= 11 is 11.8. The predicted molar refractivity (Wildman–Crippen MR) is 62.2 cm³/mol. The summed E-state index contributed by atoms with van der Waals surface area (Å²) in [4.78, 5) is 11.8. The second-order valence-electron chi connectivity index (χ2n) is 4.03. The van der Waals surface area contributed by atoms with Gasteiger partial charge >= 0.3 is 0 Å². The first kappa shape index (κ1) is 10.8. The fourth-order valence-electron chi connectivity index (χ4n) is 1.44. The minimum Gasteiger partial charge on any atom is -0.326 e. The lowest BCUT2D eigenvalue weighted by molar-refractivity contribution is -0.120. The van der Waals surface area contributed by atoms with E-state index in [9.17, 15) is 4.79 Å². The molecule has 0 spiro atoms. The zero-order valence-corrected chi connectivity index (χ0v) is 9.77. The van der Waals surface area contributed by atoms with Crippen LogP contribution in [0.15, 0.2) is 30.3 Å². The maximum Gasteiger partial charge on any atom is 0.233 e. The number of anilines is 1. The van der Waals surface area contributed by atoms with E-state index < -0.39 is 9.75 Å². The Morgan fingerprint density at radius 3 is 2.33 bits per heavy atom. The largest absolute Gasteiger partial charge is 0.326 e. The first-order valence-corrected chi connectivity index (χ1v) is 5.46. The number of hydrogen-bond donors (Lipinski definition) is 1. The Morgan fingerprint density at radius 1 is 1.33 bits per heavy atom. The van der Waals surface area contributed by atoms with Crippen molar-refractivity contribution in [2.75, 3.05) is 5.32 Å². The van der Waals surface area contributed by atoms with Gasteiger partial charge in [-0.1, -0.05) is 18.2 Å². The lowest BCUT2D eigenvalue weighted by Gasteiger charge is -2.12. The fraction of sp³-hybridized carbons (Fsp3) is 0.364. The predicted octanol–water partition coefficient (Wildman–Crippen LogP) is 3.21. The Balaban J connectivity index is 2.07. The molecule has 0 radical (unpaired) electrons. The number of carbonyl (C=O) groups is 1. The van der Waals surface area contributed by atoms with Gasteiger partial charge in [-0.15, -0.1) is 23.2 Å². The zero-order valence-electron chi connectivity index (χ0n) is 8.26. The van der Waals surface area contributed by atoms with E-state index in [4.69, 9.17) is 23.2 Å². The van der Waals surface area contributed by atoms with E-state index in [0.29, 0.717) is 6.42 Å². The highest BCUT2D eigenvalue weighted by atomic mass is 35.5. The molecule has 0 saturated heterocycles. The van der Waals surface area contributed by atoms with Crippen molar-refractivity contribution < 1.29 is 4.79 Å². The van der Waals surface area contributed by atoms with Crippen molar-refractivity contribution in [1.29, 1.82) is 0 Å². The topological polar surface area (TPSA) is 29.1 Å². The van der Waals surface area contributed by atoms with Crippen LogP contribution in [0, 0.1) is 5.41 Å². The van der Waals surface area contributed by atoms with Gasteiger partial charge in [0.1, 0.15) is 4.33 Å². The Morgan fingerprint density at radius 2 is 1.87 bits per heavy atom. The summed E-state index contributed by atoms with van der Waals surface area (Å²) in [5.74, 6) is -0.126. The molecule has 1 atom stereocenters. The zero-order chi connectivity index (χ0) is 11.1. The van der Waals surface area contributed by atoms with Gasteiger partial charge in [-0.05, 0) is 25.5 Å². The molecule has 1 aliphatic carbocycles. The molecule has 2 nitrogen and oxygen atoms in total. The Labute approximate surface area is 98.6 Å². The molecular weight excluding hydrogens is 233 g/mol. The monoisotopic (exact) mass is 243 g/mol. The number of rotatable bonds is 2. The summed E-state index contributed by atoms with van der Waals surface area (Å²) in [7, 11) is 0. The third-order valence-corrected chi connectivity index (χ3v) is 3.89. The van der Waals surface area contributed by atoms with Crippen molar-refractivity contribution in [1.82, 2.24) is 0 Å². The molecule has 1 amide bonds. The molecule has 2 rings (SSSR count). The van der Waals surface area contributed by atoms with Gasteiger partial charge in [0, 0.05) is 5.69 Å². The van der Waals surface area contributed by atoms with Crippen LogP contribution in [-0.2, 0) is 4.79 Å². The van der Waals surface area contributed by atoms with Crippen molar-refractivity contribution in [3.05, 3.63) is 30.3 Å². The molecule has 1 N–H and O–H groups in total. The lowest BCUT2D eigenvalue weighted by Crippen LogP contribution is -2.25. The lowest BCUT2D eigenvalue weighted by atomic mass is 10.1. The van der Waals surface area contributed by atoms with Gasteiger partial charge < -0.3 is 5.32 Å². The minimum absolute atomic E-state index is 0.126. The van der Waals surface area contributed by atoms with E-state index in [1.807, 2.05) is 30.3 Å².